The monoisotopic (exact) mass is 407 g/mol. The average Bonchev–Trinajstić information content (AvgIpc) is 2.79. The van der Waals surface area contributed by atoms with Crippen LogP contribution in [0, 0.1) is 0 Å². The number of para-hydroxylation sites is 2. The topological polar surface area (TPSA) is 83.1 Å². The summed E-state index contributed by atoms with van der Waals surface area (Å²) in [6, 6.07) is 18.3. The Kier molecular flexibility index (Phi) is 6.54. The number of esters is 1. The van der Waals surface area contributed by atoms with E-state index in [0.717, 1.165) is 0 Å². The molecule has 7 nitrogen and oxygen atoms in total. The van der Waals surface area contributed by atoms with Crippen LogP contribution in [-0.4, -0.2) is 33.2 Å². The van der Waals surface area contributed by atoms with Crippen LogP contribution in [-0.2, 0) is 0 Å². The molecule has 0 spiro atoms. The second-order valence-corrected chi connectivity index (χ2v) is 6.11. The van der Waals surface area contributed by atoms with E-state index in [-0.39, 0.29) is 11.5 Å². The van der Waals surface area contributed by atoms with E-state index in [0.29, 0.717) is 34.2 Å². The molecule has 0 aliphatic rings. The number of nitrogens with one attached hydrogen (secondary N) is 1. The van der Waals surface area contributed by atoms with Gasteiger partial charge in [0.2, 0.25) is 0 Å². The second kappa shape index (κ2) is 9.47. The van der Waals surface area contributed by atoms with Crippen LogP contribution in [0.15, 0.2) is 66.7 Å². The van der Waals surface area contributed by atoms with Crippen LogP contribution in [0.4, 0.5) is 5.69 Å². The van der Waals surface area contributed by atoms with Gasteiger partial charge >= 0.3 is 5.97 Å². The van der Waals surface area contributed by atoms with Crippen LogP contribution in [0.5, 0.6) is 23.0 Å². The Morgan fingerprint density at radius 3 is 2.00 bits per heavy atom. The number of benzene rings is 3. The van der Waals surface area contributed by atoms with Gasteiger partial charge in [-0.15, -0.1) is 0 Å². The first-order valence-corrected chi connectivity index (χ1v) is 9.05. The van der Waals surface area contributed by atoms with Crippen LogP contribution < -0.4 is 24.3 Å². The fourth-order valence-corrected chi connectivity index (χ4v) is 2.85. The van der Waals surface area contributed by atoms with Gasteiger partial charge in [0, 0.05) is 5.69 Å². The molecule has 3 rings (SSSR count). The van der Waals surface area contributed by atoms with Gasteiger partial charge in [0.1, 0.15) is 17.1 Å². The molecule has 0 bridgehead atoms. The molecule has 7 heteroatoms. The summed E-state index contributed by atoms with van der Waals surface area (Å²) in [6.45, 7) is 0. The number of hydrogen-bond donors (Lipinski definition) is 1. The minimum atomic E-state index is -0.587. The molecule has 3 aromatic carbocycles. The lowest BCUT2D eigenvalue weighted by Gasteiger charge is -2.12. The highest BCUT2D eigenvalue weighted by Gasteiger charge is 2.18. The number of amides is 1. The van der Waals surface area contributed by atoms with Gasteiger partial charge in [-0.25, -0.2) is 4.79 Å². The SMILES string of the molecule is COc1ccccc1C(=O)Nc1ccc(OC(=O)c2cccc(OC)c2OC)cc1. The Morgan fingerprint density at radius 1 is 0.700 bits per heavy atom. The van der Waals surface area contributed by atoms with Gasteiger partial charge in [0.25, 0.3) is 5.91 Å². The molecule has 3 aromatic rings. The highest BCUT2D eigenvalue weighted by atomic mass is 16.5. The molecule has 0 fully saturated rings. The van der Waals surface area contributed by atoms with Crippen molar-refractivity contribution in [2.75, 3.05) is 26.6 Å². The van der Waals surface area contributed by atoms with Crippen molar-refractivity contribution in [2.45, 2.75) is 0 Å². The maximum atomic E-state index is 12.5. The first-order chi connectivity index (χ1) is 14.6. The van der Waals surface area contributed by atoms with Gasteiger partial charge in [-0.2, -0.15) is 0 Å². The van der Waals surface area contributed by atoms with E-state index in [1.54, 1.807) is 66.7 Å². The number of hydrogen-bond acceptors (Lipinski definition) is 6. The third-order valence-corrected chi connectivity index (χ3v) is 4.30. The first kappa shape index (κ1) is 20.7. The molecule has 0 atom stereocenters. The van der Waals surface area contributed by atoms with E-state index >= 15 is 0 Å². The van der Waals surface area contributed by atoms with E-state index in [4.69, 9.17) is 18.9 Å². The standard InChI is InChI=1S/C23H21NO6/c1-27-19-9-5-4-7-17(19)22(25)24-15-11-13-16(14-12-15)30-23(26)18-8-6-10-20(28-2)21(18)29-3/h4-14H,1-3H3,(H,24,25). The Balaban J connectivity index is 1.71. The normalized spacial score (nSPS) is 10.1. The van der Waals surface area contributed by atoms with E-state index in [1.807, 2.05) is 0 Å². The zero-order valence-corrected chi connectivity index (χ0v) is 16.8. The molecule has 1 amide bonds. The second-order valence-electron chi connectivity index (χ2n) is 6.11. The summed E-state index contributed by atoms with van der Waals surface area (Å²) in [5.41, 5.74) is 1.20. The fraction of sp³-hybridized carbons (Fsp3) is 0.130. The quantitative estimate of drug-likeness (QED) is 0.467. The third-order valence-electron chi connectivity index (χ3n) is 4.30. The van der Waals surface area contributed by atoms with Gasteiger partial charge in [-0.05, 0) is 48.5 Å². The Labute approximate surface area is 174 Å². The predicted octanol–water partition coefficient (Wildman–Crippen LogP) is 4.18. The molecule has 0 aliphatic heterocycles. The summed E-state index contributed by atoms with van der Waals surface area (Å²) >= 11 is 0. The zero-order chi connectivity index (χ0) is 21.5. The van der Waals surface area contributed by atoms with E-state index < -0.39 is 5.97 Å². The van der Waals surface area contributed by atoms with Crippen LogP contribution in [0.1, 0.15) is 20.7 Å². The molecular formula is C23H21NO6. The summed E-state index contributed by atoms with van der Waals surface area (Å²) in [5, 5.41) is 2.78. The van der Waals surface area contributed by atoms with Crippen molar-refractivity contribution >= 4 is 17.6 Å². The maximum absolute atomic E-state index is 12.5. The predicted molar refractivity (Wildman–Crippen MR) is 112 cm³/mol. The summed E-state index contributed by atoms with van der Waals surface area (Å²) in [5.74, 6) is 0.634. The third kappa shape index (κ3) is 4.52. The molecule has 1 N–H and O–H groups in total. The highest BCUT2D eigenvalue weighted by Crippen LogP contribution is 2.31. The molecule has 0 heterocycles. The van der Waals surface area contributed by atoms with Gasteiger partial charge < -0.3 is 24.3 Å². The van der Waals surface area contributed by atoms with Gasteiger partial charge in [-0.3, -0.25) is 4.79 Å². The molecule has 0 unspecified atom stereocenters. The summed E-state index contributed by atoms with van der Waals surface area (Å²) in [7, 11) is 4.45. The lowest BCUT2D eigenvalue weighted by Crippen LogP contribution is -2.13. The van der Waals surface area contributed by atoms with Crippen molar-refractivity contribution < 1.29 is 28.5 Å². The van der Waals surface area contributed by atoms with Crippen molar-refractivity contribution in [1.29, 1.82) is 0 Å². The lowest BCUT2D eigenvalue weighted by atomic mass is 10.2. The molecular weight excluding hydrogens is 386 g/mol. The Bertz CT molecular complexity index is 1050. The largest absolute Gasteiger partial charge is 0.496 e. The summed E-state index contributed by atoms with van der Waals surface area (Å²) in [6.07, 6.45) is 0. The van der Waals surface area contributed by atoms with E-state index in [9.17, 15) is 9.59 Å². The first-order valence-electron chi connectivity index (χ1n) is 9.05. The number of anilines is 1. The molecule has 30 heavy (non-hydrogen) atoms. The number of rotatable bonds is 7. The van der Waals surface area contributed by atoms with Gasteiger partial charge in [0.05, 0.1) is 26.9 Å². The number of carbonyl (C=O) groups is 2. The van der Waals surface area contributed by atoms with E-state index in [2.05, 4.69) is 5.32 Å². The van der Waals surface area contributed by atoms with Crippen molar-refractivity contribution in [1.82, 2.24) is 0 Å². The average molecular weight is 407 g/mol. The molecule has 0 aromatic heterocycles. The summed E-state index contributed by atoms with van der Waals surface area (Å²) in [4.78, 5) is 25.0. The minimum Gasteiger partial charge on any atom is -0.496 e. The van der Waals surface area contributed by atoms with Crippen LogP contribution >= 0.6 is 0 Å². The molecule has 0 saturated heterocycles. The molecule has 0 saturated carbocycles. The van der Waals surface area contributed by atoms with Crippen LogP contribution in [0.3, 0.4) is 0 Å². The molecule has 0 aliphatic carbocycles. The lowest BCUT2D eigenvalue weighted by molar-refractivity contribution is 0.0730. The van der Waals surface area contributed by atoms with Gasteiger partial charge in [-0.1, -0.05) is 18.2 Å². The highest BCUT2D eigenvalue weighted by molar-refractivity contribution is 6.06. The van der Waals surface area contributed by atoms with Crippen LogP contribution in [0.2, 0.25) is 0 Å². The van der Waals surface area contributed by atoms with E-state index in [1.165, 1.54) is 21.3 Å². The number of methoxy groups -OCH3 is 3. The van der Waals surface area contributed by atoms with Crippen molar-refractivity contribution in [3.63, 3.8) is 0 Å². The van der Waals surface area contributed by atoms with Crippen molar-refractivity contribution in [3.05, 3.63) is 77.9 Å². The number of ether oxygens (including phenoxy) is 4. The maximum Gasteiger partial charge on any atom is 0.347 e. The fourth-order valence-electron chi connectivity index (χ4n) is 2.85. The Hall–Kier alpha value is -4.00. The summed E-state index contributed by atoms with van der Waals surface area (Å²) < 4.78 is 21.1. The zero-order valence-electron chi connectivity index (χ0n) is 16.8. The van der Waals surface area contributed by atoms with Crippen molar-refractivity contribution in [3.8, 4) is 23.0 Å². The van der Waals surface area contributed by atoms with Gasteiger partial charge in [0.15, 0.2) is 11.5 Å². The molecule has 0 radical (unpaired) electrons. The molecule has 154 valence electrons. The number of carbonyl (C=O) groups excluding carboxylic acids is 2. The Morgan fingerprint density at radius 2 is 1.33 bits per heavy atom. The van der Waals surface area contributed by atoms with Crippen LogP contribution in [0.25, 0.3) is 0 Å². The minimum absolute atomic E-state index is 0.241. The van der Waals surface area contributed by atoms with Crippen molar-refractivity contribution in [2.24, 2.45) is 0 Å². The smallest absolute Gasteiger partial charge is 0.347 e.